The molecule has 2 aromatic carbocycles. The highest BCUT2D eigenvalue weighted by molar-refractivity contribution is 5.71. The summed E-state index contributed by atoms with van der Waals surface area (Å²) in [5, 5.41) is 5.43. The minimum atomic E-state index is -2.98. The minimum absolute atomic E-state index is 0.0519. The predicted molar refractivity (Wildman–Crippen MR) is 102 cm³/mol. The van der Waals surface area contributed by atoms with Crippen LogP contribution in [0.1, 0.15) is 34.7 Å². The molecule has 6 nitrogen and oxygen atoms in total. The average Bonchev–Trinajstić information content (AvgIpc) is 3.06. The second-order valence-corrected chi connectivity index (χ2v) is 6.42. The lowest BCUT2D eigenvalue weighted by molar-refractivity contribution is -0.140. The molecule has 0 saturated heterocycles. The zero-order chi connectivity index (χ0) is 20.8. The Balaban J connectivity index is 2.03. The van der Waals surface area contributed by atoms with E-state index in [1.165, 1.54) is 25.3 Å². The van der Waals surface area contributed by atoms with Crippen molar-refractivity contribution in [1.29, 1.82) is 0 Å². The van der Waals surface area contributed by atoms with Gasteiger partial charge in [-0.2, -0.15) is 8.78 Å². The van der Waals surface area contributed by atoms with Gasteiger partial charge in [-0.05, 0) is 23.3 Å². The van der Waals surface area contributed by atoms with Crippen molar-refractivity contribution in [1.82, 2.24) is 10.2 Å². The summed E-state index contributed by atoms with van der Waals surface area (Å²) in [4.78, 5) is 24.6. The second-order valence-electron chi connectivity index (χ2n) is 6.42. The van der Waals surface area contributed by atoms with Crippen LogP contribution in [0.15, 0.2) is 59.4 Å². The van der Waals surface area contributed by atoms with Crippen molar-refractivity contribution in [3.63, 3.8) is 0 Å². The zero-order valence-electron chi connectivity index (χ0n) is 15.7. The lowest BCUT2D eigenvalue weighted by Crippen LogP contribution is -2.18. The summed E-state index contributed by atoms with van der Waals surface area (Å²) in [7, 11) is 1.25. The number of nitrogens with one attached hydrogen (secondary N) is 2. The number of hydrogen-bond donors (Lipinski definition) is 2. The van der Waals surface area contributed by atoms with E-state index in [1.54, 1.807) is 6.07 Å². The normalized spacial score (nSPS) is 12.0. The molecule has 0 spiro atoms. The third-order valence-corrected chi connectivity index (χ3v) is 4.55. The van der Waals surface area contributed by atoms with Gasteiger partial charge < -0.3 is 14.6 Å². The molecular weight excluding hydrogens is 382 g/mol. The number of rotatable bonds is 8. The van der Waals surface area contributed by atoms with E-state index in [0.717, 1.165) is 5.56 Å². The van der Waals surface area contributed by atoms with Crippen LogP contribution >= 0.6 is 0 Å². The highest BCUT2D eigenvalue weighted by atomic mass is 19.3. The number of benzene rings is 2. The van der Waals surface area contributed by atoms with Gasteiger partial charge in [0.1, 0.15) is 5.75 Å². The Morgan fingerprint density at radius 1 is 1.07 bits per heavy atom. The van der Waals surface area contributed by atoms with Crippen molar-refractivity contribution in [2.24, 2.45) is 0 Å². The largest absolute Gasteiger partial charge is 0.469 e. The first-order valence-electron chi connectivity index (χ1n) is 8.93. The van der Waals surface area contributed by atoms with Gasteiger partial charge in [-0.15, -0.1) is 0 Å². The van der Waals surface area contributed by atoms with Crippen molar-refractivity contribution < 1.29 is 23.0 Å². The molecule has 0 amide bonds. The maximum Gasteiger partial charge on any atom is 0.387 e. The number of esters is 1. The van der Waals surface area contributed by atoms with Gasteiger partial charge in [-0.1, -0.05) is 42.5 Å². The smallest absolute Gasteiger partial charge is 0.387 e. The van der Waals surface area contributed by atoms with Gasteiger partial charge in [-0.3, -0.25) is 14.7 Å². The standard InChI is InChI=1S/C21H20F2N2O4/c1-28-18(26)12-16(14-8-5-9-15(11-14)29-21(22)23)19-17(24-25-20(19)27)10-13-6-3-2-4-7-13/h2-9,11,16,21H,10,12H2,1H3,(H2,24,25,27)/t16-/m0/s1. The second kappa shape index (κ2) is 9.18. The van der Waals surface area contributed by atoms with Crippen LogP contribution in [0.4, 0.5) is 8.78 Å². The average molecular weight is 402 g/mol. The van der Waals surface area contributed by atoms with Crippen LogP contribution in [-0.4, -0.2) is 29.9 Å². The summed E-state index contributed by atoms with van der Waals surface area (Å²) >= 11 is 0. The fourth-order valence-electron chi connectivity index (χ4n) is 3.26. The SMILES string of the molecule is COC(=O)C[C@@H](c1cccc(OC(F)F)c1)c1c(Cc2ccccc2)[nH][nH]c1=O. The van der Waals surface area contributed by atoms with E-state index in [0.29, 0.717) is 23.2 Å². The molecule has 1 heterocycles. The first-order valence-corrected chi connectivity index (χ1v) is 8.93. The molecule has 3 rings (SSSR count). The first kappa shape index (κ1) is 20.3. The van der Waals surface area contributed by atoms with Crippen molar-refractivity contribution in [3.8, 4) is 5.75 Å². The molecule has 1 atom stereocenters. The monoisotopic (exact) mass is 402 g/mol. The number of hydrogen-bond acceptors (Lipinski definition) is 4. The van der Waals surface area contributed by atoms with Gasteiger partial charge in [0.2, 0.25) is 0 Å². The molecule has 152 valence electrons. The summed E-state index contributed by atoms with van der Waals surface area (Å²) in [6, 6.07) is 15.5. The molecule has 0 saturated carbocycles. The van der Waals surface area contributed by atoms with Crippen LogP contribution < -0.4 is 10.3 Å². The number of aromatic amines is 2. The lowest BCUT2D eigenvalue weighted by Gasteiger charge is -2.17. The molecule has 0 aliphatic rings. The Bertz CT molecular complexity index is 1010. The molecule has 2 N–H and O–H groups in total. The molecule has 0 bridgehead atoms. The Morgan fingerprint density at radius 3 is 2.52 bits per heavy atom. The number of aromatic nitrogens is 2. The van der Waals surface area contributed by atoms with E-state index in [4.69, 9.17) is 4.74 Å². The van der Waals surface area contributed by atoms with Crippen LogP contribution in [0.2, 0.25) is 0 Å². The highest BCUT2D eigenvalue weighted by Gasteiger charge is 2.26. The fraction of sp³-hybridized carbons (Fsp3) is 0.238. The molecule has 1 aromatic heterocycles. The maximum atomic E-state index is 12.6. The minimum Gasteiger partial charge on any atom is -0.469 e. The number of methoxy groups -OCH3 is 1. The third-order valence-electron chi connectivity index (χ3n) is 4.55. The maximum absolute atomic E-state index is 12.6. The number of carbonyl (C=O) groups is 1. The van der Waals surface area contributed by atoms with Gasteiger partial charge in [-0.25, -0.2) is 0 Å². The van der Waals surface area contributed by atoms with E-state index in [-0.39, 0.29) is 17.7 Å². The van der Waals surface area contributed by atoms with Gasteiger partial charge in [0, 0.05) is 23.6 Å². The van der Waals surface area contributed by atoms with Crippen molar-refractivity contribution in [2.45, 2.75) is 25.4 Å². The van der Waals surface area contributed by atoms with Gasteiger partial charge in [0.25, 0.3) is 5.56 Å². The molecule has 0 unspecified atom stereocenters. The third kappa shape index (κ3) is 5.10. The van der Waals surface area contributed by atoms with Gasteiger partial charge in [0.15, 0.2) is 0 Å². The number of carbonyl (C=O) groups excluding carboxylic acids is 1. The van der Waals surface area contributed by atoms with E-state index >= 15 is 0 Å². The van der Waals surface area contributed by atoms with Crippen LogP contribution in [0.5, 0.6) is 5.75 Å². The summed E-state index contributed by atoms with van der Waals surface area (Å²) in [5.41, 5.74) is 2.04. The summed E-state index contributed by atoms with van der Waals surface area (Å²) in [6.45, 7) is -2.98. The van der Waals surface area contributed by atoms with E-state index in [9.17, 15) is 18.4 Å². The fourth-order valence-corrected chi connectivity index (χ4v) is 3.26. The number of ether oxygens (including phenoxy) is 2. The van der Waals surface area contributed by atoms with Crippen LogP contribution in [0, 0.1) is 0 Å². The van der Waals surface area contributed by atoms with E-state index < -0.39 is 18.5 Å². The first-order chi connectivity index (χ1) is 14.0. The molecule has 0 fully saturated rings. The topological polar surface area (TPSA) is 84.2 Å². The van der Waals surface area contributed by atoms with Crippen LogP contribution in [0.25, 0.3) is 0 Å². The predicted octanol–water partition coefficient (Wildman–Crippen LogP) is 3.59. The molecular formula is C21H20F2N2O4. The van der Waals surface area contributed by atoms with Gasteiger partial charge >= 0.3 is 12.6 Å². The van der Waals surface area contributed by atoms with E-state index in [2.05, 4.69) is 14.9 Å². The molecule has 0 radical (unpaired) electrons. The number of alkyl halides is 2. The van der Waals surface area contributed by atoms with Crippen molar-refractivity contribution >= 4 is 5.97 Å². The lowest BCUT2D eigenvalue weighted by atomic mass is 9.87. The zero-order valence-corrected chi connectivity index (χ0v) is 15.7. The number of H-pyrrole nitrogens is 2. The van der Waals surface area contributed by atoms with E-state index in [1.807, 2.05) is 30.3 Å². The van der Waals surface area contributed by atoms with Crippen LogP contribution in [-0.2, 0) is 16.0 Å². The van der Waals surface area contributed by atoms with Gasteiger partial charge in [0.05, 0.1) is 13.5 Å². The van der Waals surface area contributed by atoms with Crippen LogP contribution in [0.3, 0.4) is 0 Å². The summed E-state index contributed by atoms with van der Waals surface area (Å²) in [5.74, 6) is -1.28. The Morgan fingerprint density at radius 2 is 1.83 bits per heavy atom. The Labute approximate surface area is 165 Å². The Kier molecular flexibility index (Phi) is 6.43. The number of halogens is 2. The Hall–Kier alpha value is -3.42. The molecule has 0 aliphatic heterocycles. The highest BCUT2D eigenvalue weighted by Crippen LogP contribution is 2.31. The van der Waals surface area contributed by atoms with Crippen molar-refractivity contribution in [3.05, 3.63) is 87.3 Å². The molecule has 3 aromatic rings. The van der Waals surface area contributed by atoms with Crippen molar-refractivity contribution in [2.75, 3.05) is 7.11 Å². The molecule has 29 heavy (non-hydrogen) atoms. The summed E-state index contributed by atoms with van der Waals surface area (Å²) in [6.07, 6.45) is 0.303. The molecule has 0 aliphatic carbocycles. The quantitative estimate of drug-likeness (QED) is 0.564. The summed E-state index contributed by atoms with van der Waals surface area (Å²) < 4.78 is 34.5. The molecule has 8 heteroatoms.